The molecule has 1 amide bonds. The molecule has 20 heavy (non-hydrogen) atoms. The van der Waals surface area contributed by atoms with E-state index in [9.17, 15) is 4.79 Å². The Labute approximate surface area is 131 Å². The minimum absolute atomic E-state index is 0.0109. The average molecular weight is 362 g/mol. The molecule has 1 rings (SSSR count). The van der Waals surface area contributed by atoms with Gasteiger partial charge in [-0.25, -0.2) is 0 Å². The molecule has 0 radical (unpaired) electrons. The van der Waals surface area contributed by atoms with Crippen molar-refractivity contribution < 1.29 is 10.0 Å². The highest BCUT2D eigenvalue weighted by Crippen LogP contribution is 2.28. The number of aryl methyl sites for hydroxylation is 1. The van der Waals surface area contributed by atoms with Crippen LogP contribution in [0, 0.1) is 12.8 Å². The normalized spacial score (nSPS) is 11.9. The zero-order valence-electron chi connectivity index (χ0n) is 11.9. The molecule has 0 aromatic carbocycles. The Morgan fingerprint density at radius 1 is 1.60 bits per heavy atom. The SMILES string of the molecule is Cc1cc(C(=O)N(CCC(N)=NO)CC(C)C)sc1Br. The van der Waals surface area contributed by atoms with E-state index in [4.69, 9.17) is 10.9 Å². The first-order chi connectivity index (χ1) is 9.35. The summed E-state index contributed by atoms with van der Waals surface area (Å²) >= 11 is 4.87. The van der Waals surface area contributed by atoms with Crippen molar-refractivity contribution in [2.24, 2.45) is 16.8 Å². The van der Waals surface area contributed by atoms with Gasteiger partial charge in [0.2, 0.25) is 0 Å². The van der Waals surface area contributed by atoms with Crippen LogP contribution in [0.4, 0.5) is 0 Å². The minimum atomic E-state index is -0.0109. The summed E-state index contributed by atoms with van der Waals surface area (Å²) in [4.78, 5) is 15.0. The van der Waals surface area contributed by atoms with Gasteiger partial charge in [-0.2, -0.15) is 0 Å². The molecule has 1 aromatic rings. The lowest BCUT2D eigenvalue weighted by atomic mass is 10.2. The molecule has 0 aliphatic carbocycles. The number of rotatable bonds is 6. The van der Waals surface area contributed by atoms with E-state index in [-0.39, 0.29) is 11.7 Å². The standard InChI is InChI=1S/C13H20BrN3O2S/c1-8(2)7-17(5-4-11(15)16-19)13(18)10-6-9(3)12(14)20-10/h6,8,19H,4-5,7H2,1-3H3,(H2,15,16). The second-order valence-electron chi connectivity index (χ2n) is 5.05. The number of amidine groups is 1. The van der Waals surface area contributed by atoms with Crippen LogP contribution >= 0.6 is 27.3 Å². The fourth-order valence-electron chi connectivity index (χ4n) is 1.74. The first-order valence-electron chi connectivity index (χ1n) is 6.36. The summed E-state index contributed by atoms with van der Waals surface area (Å²) in [7, 11) is 0. The third kappa shape index (κ3) is 4.79. The summed E-state index contributed by atoms with van der Waals surface area (Å²) in [5.74, 6) is 0.481. The van der Waals surface area contributed by atoms with Crippen LogP contribution in [-0.4, -0.2) is 34.9 Å². The predicted octanol–water partition coefficient (Wildman–Crippen LogP) is 3.05. The van der Waals surface area contributed by atoms with Crippen LogP contribution in [0.5, 0.6) is 0 Å². The average Bonchev–Trinajstić information content (AvgIpc) is 2.73. The van der Waals surface area contributed by atoms with Gasteiger partial charge in [0.05, 0.1) is 8.66 Å². The lowest BCUT2D eigenvalue weighted by molar-refractivity contribution is 0.0745. The summed E-state index contributed by atoms with van der Waals surface area (Å²) < 4.78 is 0.974. The Kier molecular flexibility index (Phi) is 6.48. The van der Waals surface area contributed by atoms with Crippen LogP contribution in [0.15, 0.2) is 15.0 Å². The number of nitrogens with two attached hydrogens (primary N) is 1. The first kappa shape index (κ1) is 17.0. The summed E-state index contributed by atoms with van der Waals surface area (Å²) in [5.41, 5.74) is 6.53. The van der Waals surface area contributed by atoms with E-state index in [1.54, 1.807) is 4.90 Å². The van der Waals surface area contributed by atoms with E-state index >= 15 is 0 Å². The van der Waals surface area contributed by atoms with Crippen molar-refractivity contribution in [3.63, 3.8) is 0 Å². The Morgan fingerprint density at radius 2 is 2.25 bits per heavy atom. The smallest absolute Gasteiger partial charge is 0.263 e. The molecule has 0 unspecified atom stereocenters. The molecule has 0 atom stereocenters. The van der Waals surface area contributed by atoms with Crippen LogP contribution < -0.4 is 5.73 Å². The van der Waals surface area contributed by atoms with Gasteiger partial charge < -0.3 is 15.8 Å². The van der Waals surface area contributed by atoms with Crippen LogP contribution in [-0.2, 0) is 0 Å². The molecule has 0 saturated carbocycles. The van der Waals surface area contributed by atoms with Crippen molar-refractivity contribution in [2.45, 2.75) is 27.2 Å². The second kappa shape index (κ2) is 7.64. The quantitative estimate of drug-likeness (QED) is 0.353. The molecule has 0 aliphatic rings. The Bertz CT molecular complexity index is 480. The first-order valence-corrected chi connectivity index (χ1v) is 7.97. The van der Waals surface area contributed by atoms with Gasteiger partial charge in [-0.15, -0.1) is 11.3 Å². The van der Waals surface area contributed by atoms with E-state index < -0.39 is 0 Å². The Balaban J connectivity index is 2.83. The number of carbonyl (C=O) groups excluding carboxylic acids is 1. The van der Waals surface area contributed by atoms with Crippen LogP contribution in [0.25, 0.3) is 0 Å². The molecule has 0 saturated heterocycles. The molecule has 3 N–H and O–H groups in total. The highest BCUT2D eigenvalue weighted by molar-refractivity contribution is 9.11. The van der Waals surface area contributed by atoms with Gasteiger partial charge in [-0.3, -0.25) is 4.79 Å². The highest BCUT2D eigenvalue weighted by Gasteiger charge is 2.19. The predicted molar refractivity (Wildman–Crippen MR) is 85.5 cm³/mol. The number of thiophene rings is 1. The van der Waals surface area contributed by atoms with Gasteiger partial charge in [0.1, 0.15) is 5.84 Å². The third-order valence-electron chi connectivity index (χ3n) is 2.71. The summed E-state index contributed by atoms with van der Waals surface area (Å²) in [5, 5.41) is 11.5. The number of nitrogens with zero attached hydrogens (tertiary/aromatic N) is 2. The molecular weight excluding hydrogens is 342 g/mol. The van der Waals surface area contributed by atoms with Crippen LogP contribution in [0.2, 0.25) is 0 Å². The third-order valence-corrected chi connectivity index (χ3v) is 4.83. The van der Waals surface area contributed by atoms with Crippen molar-refractivity contribution in [1.82, 2.24) is 4.90 Å². The van der Waals surface area contributed by atoms with Crippen molar-refractivity contribution in [2.75, 3.05) is 13.1 Å². The van der Waals surface area contributed by atoms with E-state index in [0.29, 0.717) is 30.3 Å². The fourth-order valence-corrected chi connectivity index (χ4v) is 3.24. The van der Waals surface area contributed by atoms with E-state index in [0.717, 1.165) is 9.35 Å². The number of halogens is 1. The number of hydrogen-bond acceptors (Lipinski definition) is 4. The maximum absolute atomic E-state index is 12.5. The van der Waals surface area contributed by atoms with Crippen molar-refractivity contribution in [3.05, 3.63) is 20.3 Å². The van der Waals surface area contributed by atoms with Crippen LogP contribution in [0.3, 0.4) is 0 Å². The minimum Gasteiger partial charge on any atom is -0.409 e. The summed E-state index contributed by atoms with van der Waals surface area (Å²) in [6, 6.07) is 1.88. The Morgan fingerprint density at radius 3 is 2.70 bits per heavy atom. The second-order valence-corrected chi connectivity index (χ2v) is 7.42. The van der Waals surface area contributed by atoms with Gasteiger partial charge >= 0.3 is 0 Å². The van der Waals surface area contributed by atoms with E-state index in [1.165, 1.54) is 11.3 Å². The largest absolute Gasteiger partial charge is 0.409 e. The number of hydrogen-bond donors (Lipinski definition) is 2. The number of amides is 1. The lowest BCUT2D eigenvalue weighted by Gasteiger charge is -2.23. The van der Waals surface area contributed by atoms with E-state index in [2.05, 4.69) is 34.9 Å². The molecule has 112 valence electrons. The van der Waals surface area contributed by atoms with Gasteiger partial charge in [0.25, 0.3) is 5.91 Å². The molecule has 1 heterocycles. The topological polar surface area (TPSA) is 78.9 Å². The number of oxime groups is 1. The monoisotopic (exact) mass is 361 g/mol. The molecule has 5 nitrogen and oxygen atoms in total. The van der Waals surface area contributed by atoms with Gasteiger partial charge in [-0.1, -0.05) is 19.0 Å². The summed E-state index contributed by atoms with van der Waals surface area (Å²) in [6.45, 7) is 7.16. The highest BCUT2D eigenvalue weighted by atomic mass is 79.9. The van der Waals surface area contributed by atoms with Crippen LogP contribution in [0.1, 0.15) is 35.5 Å². The number of carbonyl (C=O) groups is 1. The summed E-state index contributed by atoms with van der Waals surface area (Å²) in [6.07, 6.45) is 0.362. The Hall–Kier alpha value is -1.08. The maximum atomic E-state index is 12.5. The molecular formula is C13H20BrN3O2S. The zero-order chi connectivity index (χ0) is 15.3. The van der Waals surface area contributed by atoms with E-state index in [1.807, 2.05) is 13.0 Å². The lowest BCUT2D eigenvalue weighted by Crippen LogP contribution is -2.36. The van der Waals surface area contributed by atoms with Crippen molar-refractivity contribution in [1.29, 1.82) is 0 Å². The van der Waals surface area contributed by atoms with Gasteiger partial charge in [-0.05, 0) is 40.4 Å². The fraction of sp³-hybridized carbons (Fsp3) is 0.538. The molecule has 0 fully saturated rings. The molecule has 0 aliphatic heterocycles. The molecule has 0 bridgehead atoms. The molecule has 0 spiro atoms. The molecule has 1 aromatic heterocycles. The van der Waals surface area contributed by atoms with Crippen molar-refractivity contribution >= 4 is 39.0 Å². The molecule has 7 heteroatoms. The zero-order valence-corrected chi connectivity index (χ0v) is 14.3. The van der Waals surface area contributed by atoms with Gasteiger partial charge in [0.15, 0.2) is 0 Å². The van der Waals surface area contributed by atoms with Gasteiger partial charge in [0, 0.05) is 19.5 Å². The maximum Gasteiger partial charge on any atom is 0.263 e. The van der Waals surface area contributed by atoms with Crippen molar-refractivity contribution in [3.8, 4) is 0 Å².